The quantitative estimate of drug-likeness (QED) is 0.444. The zero-order chi connectivity index (χ0) is 5.28. The summed E-state index contributed by atoms with van der Waals surface area (Å²) in [6.45, 7) is 6.86. The highest BCUT2D eigenvalue weighted by Gasteiger charge is 2.16. The van der Waals surface area contributed by atoms with Crippen molar-refractivity contribution in [3.63, 3.8) is 0 Å². The molecule has 0 aromatic rings. The van der Waals surface area contributed by atoms with Crippen LogP contribution in [0.3, 0.4) is 0 Å². The Kier molecular flexibility index (Phi) is 1.33. The Morgan fingerprint density at radius 3 is 2.57 bits per heavy atom. The Morgan fingerprint density at radius 2 is 2.43 bits per heavy atom. The third-order valence-electron chi connectivity index (χ3n) is 1.28. The molecule has 1 radical (unpaired) electrons. The first-order valence-electron chi connectivity index (χ1n) is 2.73. The van der Waals surface area contributed by atoms with Gasteiger partial charge < -0.3 is 4.74 Å². The maximum atomic E-state index is 5.15. The van der Waals surface area contributed by atoms with Crippen LogP contribution in [-0.4, -0.2) is 12.7 Å². The molecular weight excluding hydrogens is 88.1 g/mol. The lowest BCUT2D eigenvalue weighted by Gasteiger charge is -1.94. The smallest absolute Gasteiger partial charge is 0.0579 e. The van der Waals surface area contributed by atoms with Gasteiger partial charge in [0.15, 0.2) is 0 Å². The molecule has 0 bridgehead atoms. The molecule has 1 rings (SSSR count). The van der Waals surface area contributed by atoms with Crippen LogP contribution < -0.4 is 0 Å². The second-order valence-electron chi connectivity index (χ2n) is 2.30. The SMILES string of the molecule is [CH2][C@H]1C[C@@H](C)CO1. The second kappa shape index (κ2) is 1.83. The zero-order valence-corrected chi connectivity index (χ0v) is 4.68. The van der Waals surface area contributed by atoms with Gasteiger partial charge in [0.05, 0.1) is 6.10 Å². The van der Waals surface area contributed by atoms with E-state index in [-0.39, 0.29) is 6.10 Å². The maximum Gasteiger partial charge on any atom is 0.0579 e. The number of ether oxygens (including phenoxy) is 1. The summed E-state index contributed by atoms with van der Waals surface area (Å²) in [7, 11) is 0. The van der Waals surface area contributed by atoms with Crippen molar-refractivity contribution in [2.45, 2.75) is 19.4 Å². The minimum Gasteiger partial charge on any atom is -0.378 e. The fourth-order valence-corrected chi connectivity index (χ4v) is 0.885. The van der Waals surface area contributed by atoms with E-state index in [1.807, 2.05) is 0 Å². The largest absolute Gasteiger partial charge is 0.378 e. The lowest BCUT2D eigenvalue weighted by Crippen LogP contribution is -1.95. The number of hydrogen-bond donors (Lipinski definition) is 0. The van der Waals surface area contributed by atoms with Crippen LogP contribution in [0.25, 0.3) is 0 Å². The molecule has 41 valence electrons. The summed E-state index contributed by atoms with van der Waals surface area (Å²) in [5.41, 5.74) is 0. The Bertz CT molecular complexity index is 53.2. The van der Waals surface area contributed by atoms with Crippen molar-refractivity contribution in [1.82, 2.24) is 0 Å². The van der Waals surface area contributed by atoms with Crippen molar-refractivity contribution in [1.29, 1.82) is 0 Å². The van der Waals surface area contributed by atoms with Gasteiger partial charge in [0, 0.05) is 6.61 Å². The first kappa shape index (κ1) is 5.10. The molecule has 1 aliphatic rings. The van der Waals surface area contributed by atoms with E-state index in [0.29, 0.717) is 0 Å². The summed E-state index contributed by atoms with van der Waals surface area (Å²) in [5, 5.41) is 0. The summed E-state index contributed by atoms with van der Waals surface area (Å²) >= 11 is 0. The van der Waals surface area contributed by atoms with Gasteiger partial charge in [-0.3, -0.25) is 0 Å². The lowest BCUT2D eigenvalue weighted by atomic mass is 10.1. The highest BCUT2D eigenvalue weighted by Crippen LogP contribution is 2.16. The molecule has 1 fully saturated rings. The van der Waals surface area contributed by atoms with Crippen molar-refractivity contribution in [2.75, 3.05) is 6.61 Å². The van der Waals surface area contributed by atoms with Gasteiger partial charge in [-0.05, 0) is 19.3 Å². The molecule has 0 spiro atoms. The van der Waals surface area contributed by atoms with Crippen molar-refractivity contribution >= 4 is 0 Å². The number of rotatable bonds is 0. The molecular formula is C6H11O. The first-order chi connectivity index (χ1) is 3.29. The molecule has 1 nitrogen and oxygen atoms in total. The summed E-state index contributed by atoms with van der Waals surface area (Å²) in [5.74, 6) is 0.738. The predicted octanol–water partition coefficient (Wildman–Crippen LogP) is 1.25. The van der Waals surface area contributed by atoms with Crippen LogP contribution in [0.2, 0.25) is 0 Å². The molecule has 0 amide bonds. The molecule has 2 atom stereocenters. The molecule has 0 saturated carbocycles. The first-order valence-corrected chi connectivity index (χ1v) is 2.73. The Labute approximate surface area is 44.7 Å². The molecule has 0 aromatic carbocycles. The molecule has 1 aliphatic heterocycles. The minimum atomic E-state index is 0.273. The Hall–Kier alpha value is -0.0400. The van der Waals surface area contributed by atoms with E-state index in [1.54, 1.807) is 0 Å². The lowest BCUT2D eigenvalue weighted by molar-refractivity contribution is 0.138. The molecule has 1 saturated heterocycles. The van der Waals surface area contributed by atoms with Gasteiger partial charge in [0.25, 0.3) is 0 Å². The third-order valence-corrected chi connectivity index (χ3v) is 1.28. The van der Waals surface area contributed by atoms with Gasteiger partial charge >= 0.3 is 0 Å². The van der Waals surface area contributed by atoms with Crippen LogP contribution in [0.15, 0.2) is 0 Å². The highest BCUT2D eigenvalue weighted by molar-refractivity contribution is 4.70. The van der Waals surface area contributed by atoms with Crippen molar-refractivity contribution in [3.05, 3.63) is 6.92 Å². The fraction of sp³-hybridized carbons (Fsp3) is 0.833. The van der Waals surface area contributed by atoms with E-state index < -0.39 is 0 Å². The Balaban J connectivity index is 2.26. The van der Waals surface area contributed by atoms with Crippen molar-refractivity contribution in [3.8, 4) is 0 Å². The maximum absolute atomic E-state index is 5.15. The summed E-state index contributed by atoms with van der Waals surface area (Å²) in [4.78, 5) is 0. The highest BCUT2D eigenvalue weighted by atomic mass is 16.5. The van der Waals surface area contributed by atoms with Crippen LogP contribution in [-0.2, 0) is 4.74 Å². The fourth-order valence-electron chi connectivity index (χ4n) is 0.885. The average Bonchev–Trinajstić information content (AvgIpc) is 1.87. The monoisotopic (exact) mass is 99.1 g/mol. The standard InChI is InChI=1S/C6H11O/c1-5-3-6(2)7-4-5/h5-6H,2-4H2,1H3/t5-,6+/m1/s1. The molecule has 1 heteroatoms. The van der Waals surface area contributed by atoms with E-state index in [2.05, 4.69) is 13.8 Å². The Morgan fingerprint density at radius 1 is 1.71 bits per heavy atom. The van der Waals surface area contributed by atoms with E-state index in [4.69, 9.17) is 4.74 Å². The van der Waals surface area contributed by atoms with Gasteiger partial charge in [-0.1, -0.05) is 6.92 Å². The van der Waals surface area contributed by atoms with Gasteiger partial charge in [-0.15, -0.1) is 0 Å². The normalized spacial score (nSPS) is 42.0. The second-order valence-corrected chi connectivity index (χ2v) is 2.30. The number of hydrogen-bond acceptors (Lipinski definition) is 1. The van der Waals surface area contributed by atoms with Gasteiger partial charge in [0.2, 0.25) is 0 Å². The zero-order valence-electron chi connectivity index (χ0n) is 4.68. The topological polar surface area (TPSA) is 9.23 Å². The summed E-state index contributed by atoms with van der Waals surface area (Å²) in [6, 6.07) is 0. The van der Waals surface area contributed by atoms with Gasteiger partial charge in [0.1, 0.15) is 0 Å². The van der Waals surface area contributed by atoms with Crippen LogP contribution in [0.5, 0.6) is 0 Å². The van der Waals surface area contributed by atoms with E-state index in [0.717, 1.165) is 18.9 Å². The minimum absolute atomic E-state index is 0.273. The van der Waals surface area contributed by atoms with Crippen LogP contribution in [0, 0.1) is 12.8 Å². The summed E-state index contributed by atoms with van der Waals surface area (Å²) < 4.78 is 5.15. The van der Waals surface area contributed by atoms with Crippen LogP contribution >= 0.6 is 0 Å². The third kappa shape index (κ3) is 1.16. The van der Waals surface area contributed by atoms with E-state index >= 15 is 0 Å². The molecule has 0 aliphatic carbocycles. The van der Waals surface area contributed by atoms with Crippen LogP contribution in [0.1, 0.15) is 13.3 Å². The molecule has 0 aromatic heterocycles. The average molecular weight is 99.2 g/mol. The van der Waals surface area contributed by atoms with E-state index in [9.17, 15) is 0 Å². The van der Waals surface area contributed by atoms with Gasteiger partial charge in [-0.2, -0.15) is 0 Å². The van der Waals surface area contributed by atoms with Crippen LogP contribution in [0.4, 0.5) is 0 Å². The van der Waals surface area contributed by atoms with Gasteiger partial charge in [-0.25, -0.2) is 0 Å². The molecule has 0 N–H and O–H groups in total. The molecule has 1 heterocycles. The molecule has 0 unspecified atom stereocenters. The van der Waals surface area contributed by atoms with Crippen molar-refractivity contribution in [2.24, 2.45) is 5.92 Å². The van der Waals surface area contributed by atoms with Crippen molar-refractivity contribution < 1.29 is 4.74 Å². The summed E-state index contributed by atoms with van der Waals surface area (Å²) in [6.07, 6.45) is 1.41. The predicted molar refractivity (Wildman–Crippen MR) is 28.9 cm³/mol. The molecule has 7 heavy (non-hydrogen) atoms. The van der Waals surface area contributed by atoms with E-state index in [1.165, 1.54) is 0 Å².